The van der Waals surface area contributed by atoms with Gasteiger partial charge in [-0.2, -0.15) is 5.10 Å². The number of hydrazone groups is 1. The molecule has 11 heteroatoms. The summed E-state index contributed by atoms with van der Waals surface area (Å²) < 4.78 is 30.8. The van der Waals surface area contributed by atoms with Crippen molar-refractivity contribution in [3.8, 4) is 5.75 Å². The maximum absolute atomic E-state index is 12.3. The van der Waals surface area contributed by atoms with Crippen molar-refractivity contribution in [2.45, 2.75) is 13.0 Å². The van der Waals surface area contributed by atoms with E-state index in [4.69, 9.17) is 16.3 Å². The van der Waals surface area contributed by atoms with Gasteiger partial charge < -0.3 is 10.1 Å². The smallest absolute Gasteiger partial charge is 0.260 e. The minimum atomic E-state index is -3.76. The van der Waals surface area contributed by atoms with Crippen LogP contribution < -0.4 is 19.8 Å². The van der Waals surface area contributed by atoms with Crippen molar-refractivity contribution in [3.05, 3.63) is 95.0 Å². The lowest BCUT2D eigenvalue weighted by Crippen LogP contribution is -2.39. The number of nitrogens with zero attached hydrogens (tertiary/aromatic N) is 2. The molecule has 3 rings (SSSR count). The van der Waals surface area contributed by atoms with Crippen molar-refractivity contribution in [1.29, 1.82) is 0 Å². The number of carbonyl (C=O) groups is 2. The van der Waals surface area contributed by atoms with Crippen LogP contribution in [0.5, 0.6) is 5.75 Å². The highest BCUT2D eigenvalue weighted by Crippen LogP contribution is 2.26. The Hall–Kier alpha value is -3.89. The van der Waals surface area contributed by atoms with Gasteiger partial charge in [0.1, 0.15) is 12.3 Å². The fraction of sp³-hybridized carbons (Fsp3) is 0.192. The number of rotatable bonds is 11. The van der Waals surface area contributed by atoms with Gasteiger partial charge in [-0.3, -0.25) is 13.9 Å². The van der Waals surface area contributed by atoms with Crippen molar-refractivity contribution in [2.75, 3.05) is 23.7 Å². The molecule has 0 bridgehead atoms. The van der Waals surface area contributed by atoms with E-state index in [-0.39, 0.29) is 29.3 Å². The zero-order valence-electron chi connectivity index (χ0n) is 20.3. The van der Waals surface area contributed by atoms with Crippen molar-refractivity contribution in [3.63, 3.8) is 0 Å². The molecule has 0 aliphatic carbocycles. The van der Waals surface area contributed by atoms with E-state index in [1.165, 1.54) is 18.3 Å². The normalized spacial score (nSPS) is 12.1. The summed E-state index contributed by atoms with van der Waals surface area (Å²) in [5.41, 5.74) is 4.16. The maximum atomic E-state index is 12.3. The number of halogens is 1. The van der Waals surface area contributed by atoms with Gasteiger partial charge in [-0.25, -0.2) is 13.8 Å². The van der Waals surface area contributed by atoms with Crippen LogP contribution in [0, 0.1) is 0 Å². The summed E-state index contributed by atoms with van der Waals surface area (Å²) in [6.45, 7) is 1.27. The highest BCUT2D eigenvalue weighted by Gasteiger charge is 2.22. The molecule has 0 unspecified atom stereocenters. The number of ether oxygens (including phenoxy) is 1. The molecule has 0 aromatic heterocycles. The van der Waals surface area contributed by atoms with Crippen LogP contribution in [0.4, 0.5) is 5.69 Å². The number of nitrogens with one attached hydrogen (secondary N) is 2. The second-order valence-electron chi connectivity index (χ2n) is 8.07. The molecule has 0 radical (unpaired) electrons. The van der Waals surface area contributed by atoms with E-state index in [2.05, 4.69) is 15.8 Å². The van der Waals surface area contributed by atoms with E-state index in [1.54, 1.807) is 36.4 Å². The molecule has 0 aliphatic rings. The molecule has 2 amide bonds. The fourth-order valence-corrected chi connectivity index (χ4v) is 4.44. The molecule has 0 saturated heterocycles. The van der Waals surface area contributed by atoms with Crippen molar-refractivity contribution >= 4 is 45.3 Å². The lowest BCUT2D eigenvalue weighted by molar-refractivity contribution is -0.123. The standard InChI is InChI=1S/C26H27ClN4O5S/c1-19(21-8-4-3-5-9-21)29-26(33)18-36-22-14-12-20(13-15-22)16-28-30-25(32)17-31(37(2,34)35)24-11-7-6-10-23(24)27/h3-16,19H,17-18H2,1-2H3,(H,29,33)(H,30,32)/b28-16-/t19-/m1/s1. The Balaban J connectivity index is 1.48. The van der Waals surface area contributed by atoms with Crippen LogP contribution in [0.2, 0.25) is 5.02 Å². The monoisotopic (exact) mass is 542 g/mol. The van der Waals surface area contributed by atoms with Gasteiger partial charge in [0.05, 0.1) is 29.2 Å². The Labute approximate surface area is 221 Å². The largest absolute Gasteiger partial charge is 0.484 e. The summed E-state index contributed by atoms with van der Waals surface area (Å²) in [7, 11) is -3.76. The van der Waals surface area contributed by atoms with E-state index >= 15 is 0 Å². The van der Waals surface area contributed by atoms with E-state index in [0.29, 0.717) is 11.3 Å². The Morgan fingerprint density at radius 2 is 1.65 bits per heavy atom. The highest BCUT2D eigenvalue weighted by atomic mass is 35.5. The third-order valence-electron chi connectivity index (χ3n) is 5.14. The van der Waals surface area contributed by atoms with Gasteiger partial charge in [0.15, 0.2) is 6.61 Å². The molecule has 0 aliphatic heterocycles. The van der Waals surface area contributed by atoms with Crippen LogP contribution >= 0.6 is 11.6 Å². The van der Waals surface area contributed by atoms with Crippen LogP contribution in [-0.4, -0.2) is 45.9 Å². The van der Waals surface area contributed by atoms with E-state index in [1.807, 2.05) is 37.3 Å². The van der Waals surface area contributed by atoms with Crippen LogP contribution in [0.15, 0.2) is 84.0 Å². The zero-order valence-corrected chi connectivity index (χ0v) is 21.9. The van der Waals surface area contributed by atoms with Gasteiger partial charge in [0.2, 0.25) is 10.0 Å². The van der Waals surface area contributed by atoms with E-state index in [9.17, 15) is 18.0 Å². The maximum Gasteiger partial charge on any atom is 0.260 e. The van der Waals surface area contributed by atoms with Gasteiger partial charge >= 0.3 is 0 Å². The molecule has 2 N–H and O–H groups in total. The van der Waals surface area contributed by atoms with Gasteiger partial charge in [-0.05, 0) is 54.4 Å². The first kappa shape index (κ1) is 27.7. The van der Waals surface area contributed by atoms with Crippen molar-refractivity contribution in [2.24, 2.45) is 5.10 Å². The molecule has 0 saturated carbocycles. The number of sulfonamides is 1. The molecule has 1 atom stereocenters. The Bertz CT molecular complexity index is 1350. The molecule has 3 aromatic carbocycles. The number of carbonyl (C=O) groups excluding carboxylic acids is 2. The molecule has 0 heterocycles. The summed E-state index contributed by atoms with van der Waals surface area (Å²) in [4.78, 5) is 24.5. The predicted octanol–water partition coefficient (Wildman–Crippen LogP) is 3.51. The van der Waals surface area contributed by atoms with Gasteiger partial charge in [-0.15, -0.1) is 0 Å². The molecule has 0 spiro atoms. The summed E-state index contributed by atoms with van der Waals surface area (Å²) in [6.07, 6.45) is 2.39. The van der Waals surface area contributed by atoms with Gasteiger partial charge in [0.25, 0.3) is 11.8 Å². The number of anilines is 1. The number of amides is 2. The van der Waals surface area contributed by atoms with Gasteiger partial charge in [-0.1, -0.05) is 54.1 Å². The first-order valence-corrected chi connectivity index (χ1v) is 13.5. The lowest BCUT2D eigenvalue weighted by atomic mass is 10.1. The molecule has 3 aromatic rings. The average Bonchev–Trinajstić information content (AvgIpc) is 2.87. The van der Waals surface area contributed by atoms with Crippen LogP contribution in [0.25, 0.3) is 0 Å². The molecule has 37 heavy (non-hydrogen) atoms. The number of hydrogen-bond donors (Lipinski definition) is 2. The number of para-hydroxylation sites is 1. The van der Waals surface area contributed by atoms with E-state index < -0.39 is 22.5 Å². The average molecular weight is 543 g/mol. The predicted molar refractivity (Wildman–Crippen MR) is 144 cm³/mol. The first-order valence-electron chi connectivity index (χ1n) is 11.2. The molecule has 194 valence electrons. The van der Waals surface area contributed by atoms with Crippen molar-refractivity contribution < 1.29 is 22.7 Å². The van der Waals surface area contributed by atoms with Crippen LogP contribution in [0.1, 0.15) is 24.1 Å². The van der Waals surface area contributed by atoms with Crippen LogP contribution in [0.3, 0.4) is 0 Å². The Morgan fingerprint density at radius 3 is 2.30 bits per heavy atom. The molecular formula is C26H27ClN4O5S. The fourth-order valence-electron chi connectivity index (χ4n) is 3.29. The molecular weight excluding hydrogens is 516 g/mol. The SMILES string of the molecule is C[C@@H](NC(=O)COc1ccc(/C=N\NC(=O)CN(c2ccccc2Cl)S(C)(=O)=O)cc1)c1ccccc1. The minimum absolute atomic E-state index is 0.136. The minimum Gasteiger partial charge on any atom is -0.484 e. The highest BCUT2D eigenvalue weighted by molar-refractivity contribution is 7.92. The number of benzene rings is 3. The second-order valence-corrected chi connectivity index (χ2v) is 10.4. The topological polar surface area (TPSA) is 117 Å². The van der Waals surface area contributed by atoms with E-state index in [0.717, 1.165) is 16.1 Å². The number of hydrogen-bond acceptors (Lipinski definition) is 6. The molecule has 0 fully saturated rings. The summed E-state index contributed by atoms with van der Waals surface area (Å²) >= 11 is 6.09. The third kappa shape index (κ3) is 8.62. The quantitative estimate of drug-likeness (QED) is 0.284. The summed E-state index contributed by atoms with van der Waals surface area (Å²) in [5, 5.41) is 6.96. The summed E-state index contributed by atoms with van der Waals surface area (Å²) in [5.74, 6) is -0.394. The zero-order chi connectivity index (χ0) is 26.8. The second kappa shape index (κ2) is 12.9. The Kier molecular flexibility index (Phi) is 9.64. The van der Waals surface area contributed by atoms with Crippen LogP contribution in [-0.2, 0) is 19.6 Å². The molecule has 9 nitrogen and oxygen atoms in total. The van der Waals surface area contributed by atoms with Gasteiger partial charge in [0, 0.05) is 0 Å². The summed E-state index contributed by atoms with van der Waals surface area (Å²) in [6, 6.07) is 22.5. The Morgan fingerprint density at radius 1 is 1.00 bits per heavy atom. The lowest BCUT2D eigenvalue weighted by Gasteiger charge is -2.22. The third-order valence-corrected chi connectivity index (χ3v) is 6.58. The van der Waals surface area contributed by atoms with Crippen molar-refractivity contribution in [1.82, 2.24) is 10.7 Å². The first-order chi connectivity index (χ1) is 17.6.